The Morgan fingerprint density at radius 2 is 1.47 bits per heavy atom. The van der Waals surface area contributed by atoms with Crippen LogP contribution >= 0.6 is 22.7 Å². The Labute approximate surface area is 270 Å². The number of fused-ring (bicyclic) bond motifs is 1. The Balaban J connectivity index is 1.23. The molecule has 4 rings (SSSR count). The van der Waals surface area contributed by atoms with Crippen LogP contribution in [-0.2, 0) is 25.5 Å². The summed E-state index contributed by atoms with van der Waals surface area (Å²) in [6.07, 6.45) is 7.01. The van der Waals surface area contributed by atoms with Gasteiger partial charge in [0.1, 0.15) is 9.83 Å². The van der Waals surface area contributed by atoms with Gasteiger partial charge >= 0.3 is 11.9 Å². The zero-order valence-electron chi connectivity index (χ0n) is 25.3. The highest BCUT2D eigenvalue weighted by atomic mass is 32.1. The number of aromatic nitrogens is 1. The smallest absolute Gasteiger partial charge is 0.330 e. The first kappa shape index (κ1) is 33.3. The van der Waals surface area contributed by atoms with Crippen LogP contribution in [0.2, 0.25) is 0 Å². The molecule has 0 N–H and O–H groups in total. The topological polar surface area (TPSA) is 118 Å². The van der Waals surface area contributed by atoms with Crippen molar-refractivity contribution in [2.75, 3.05) is 31.2 Å². The van der Waals surface area contributed by atoms with Gasteiger partial charge in [-0.3, -0.25) is 0 Å². The maximum absolute atomic E-state index is 11.1. The molecule has 4 aromatic rings. The lowest BCUT2D eigenvalue weighted by Gasteiger charge is -2.23. The number of azo groups is 2. The van der Waals surface area contributed by atoms with Crippen LogP contribution in [0.3, 0.4) is 0 Å². The number of carbonyl (C=O) groups is 2. The Hall–Kier alpha value is -4.55. The van der Waals surface area contributed by atoms with Crippen molar-refractivity contribution in [3.05, 3.63) is 85.5 Å². The lowest BCUT2D eigenvalue weighted by atomic mass is 10.1. The van der Waals surface area contributed by atoms with Crippen LogP contribution in [0, 0.1) is 0 Å². The summed E-state index contributed by atoms with van der Waals surface area (Å²) in [6.45, 7) is 11.6. The summed E-state index contributed by atoms with van der Waals surface area (Å²) >= 11 is 2.91. The molecule has 0 unspecified atom stereocenters. The largest absolute Gasteiger partial charge is 0.463 e. The van der Waals surface area contributed by atoms with Gasteiger partial charge in [-0.1, -0.05) is 54.4 Å². The van der Waals surface area contributed by atoms with E-state index in [1.165, 1.54) is 28.7 Å². The summed E-state index contributed by atoms with van der Waals surface area (Å²) < 4.78 is 11.0. The molecule has 0 saturated heterocycles. The van der Waals surface area contributed by atoms with E-state index in [1.807, 2.05) is 42.5 Å². The van der Waals surface area contributed by atoms with Gasteiger partial charge in [0.15, 0.2) is 0 Å². The molecule has 0 aliphatic heterocycles. The monoisotopic (exact) mass is 644 g/mol. The predicted octanol–water partition coefficient (Wildman–Crippen LogP) is 9.58. The van der Waals surface area contributed by atoms with E-state index in [-0.39, 0.29) is 5.97 Å². The SMILES string of the molecule is C=CC(=O)OCCCCCCN(CC)c1ccc(N=Nc2nc3sc(N=Nc4ccc(CCOC(=O)C=C)cc4)cc3s2)cc1. The first-order valence-electron chi connectivity index (χ1n) is 14.7. The zero-order chi connectivity index (χ0) is 31.9. The molecular weight excluding hydrogens is 609 g/mol. The minimum Gasteiger partial charge on any atom is -0.463 e. The number of hydrogen-bond acceptors (Lipinski definition) is 12. The van der Waals surface area contributed by atoms with E-state index in [2.05, 4.69) is 62.6 Å². The minimum atomic E-state index is -0.423. The second-order valence-electron chi connectivity index (χ2n) is 9.82. The number of esters is 2. The lowest BCUT2D eigenvalue weighted by molar-refractivity contribution is -0.138. The molecule has 2 aromatic carbocycles. The van der Waals surface area contributed by atoms with E-state index in [9.17, 15) is 9.59 Å². The maximum atomic E-state index is 11.1. The minimum absolute atomic E-state index is 0.304. The highest BCUT2D eigenvalue weighted by Crippen LogP contribution is 2.39. The zero-order valence-corrected chi connectivity index (χ0v) is 26.9. The molecule has 2 heterocycles. The molecule has 2 aromatic heterocycles. The van der Waals surface area contributed by atoms with Crippen LogP contribution in [0.5, 0.6) is 0 Å². The van der Waals surface area contributed by atoms with Crippen LogP contribution in [0.15, 0.2) is 100 Å². The van der Waals surface area contributed by atoms with E-state index in [1.54, 1.807) is 0 Å². The molecule has 10 nitrogen and oxygen atoms in total. The normalized spacial score (nSPS) is 11.3. The van der Waals surface area contributed by atoms with Crippen molar-refractivity contribution in [1.82, 2.24) is 4.98 Å². The van der Waals surface area contributed by atoms with Crippen LogP contribution in [0.4, 0.5) is 27.2 Å². The van der Waals surface area contributed by atoms with Crippen molar-refractivity contribution in [2.45, 2.75) is 39.0 Å². The molecule has 0 atom stereocenters. The Kier molecular flexibility index (Phi) is 13.1. The van der Waals surface area contributed by atoms with Crippen molar-refractivity contribution in [3.63, 3.8) is 0 Å². The van der Waals surface area contributed by atoms with E-state index >= 15 is 0 Å². The standard InChI is InChI=1S/C33H36N6O4S2/c1-4-30(40)42-21-10-8-7-9-20-39(6-3)27-17-15-26(16-18-27)36-38-33-34-32-28(44-33)23-29(45-32)37-35-25-13-11-24(12-14-25)19-22-43-31(41)5-2/h4-5,11-18,23H,1-2,6-10,19-22H2,3H3. The second kappa shape index (κ2) is 17.7. The average molecular weight is 645 g/mol. The van der Waals surface area contributed by atoms with Crippen molar-refractivity contribution in [2.24, 2.45) is 20.5 Å². The number of carbonyl (C=O) groups excluding carboxylic acids is 2. The third-order valence-electron chi connectivity index (χ3n) is 6.65. The number of benzene rings is 2. The van der Waals surface area contributed by atoms with Crippen molar-refractivity contribution < 1.29 is 19.1 Å². The molecule has 45 heavy (non-hydrogen) atoms. The van der Waals surface area contributed by atoms with Gasteiger partial charge in [-0.2, -0.15) is 0 Å². The van der Waals surface area contributed by atoms with Gasteiger partial charge in [0.05, 0.1) is 29.3 Å². The molecular formula is C33H36N6O4S2. The molecule has 0 fully saturated rings. The summed E-state index contributed by atoms with van der Waals surface area (Å²) in [5, 5.41) is 18.8. The fourth-order valence-corrected chi connectivity index (χ4v) is 6.11. The van der Waals surface area contributed by atoms with Crippen LogP contribution in [-0.4, -0.2) is 43.2 Å². The Morgan fingerprint density at radius 1 is 0.822 bits per heavy atom. The van der Waals surface area contributed by atoms with Crippen LogP contribution in [0.25, 0.3) is 9.53 Å². The van der Waals surface area contributed by atoms with Crippen molar-refractivity contribution in [3.8, 4) is 0 Å². The molecule has 0 spiro atoms. The first-order valence-corrected chi connectivity index (χ1v) is 16.4. The van der Waals surface area contributed by atoms with Crippen LogP contribution < -0.4 is 4.90 Å². The molecule has 0 radical (unpaired) electrons. The molecule has 0 aliphatic carbocycles. The summed E-state index contributed by atoms with van der Waals surface area (Å²) in [6, 6.07) is 17.7. The quantitative estimate of drug-likeness (QED) is 0.0461. The number of ether oxygens (including phenoxy) is 2. The fourth-order valence-electron chi connectivity index (χ4n) is 4.26. The van der Waals surface area contributed by atoms with Gasteiger partial charge in [-0.15, -0.1) is 20.5 Å². The lowest BCUT2D eigenvalue weighted by Crippen LogP contribution is -2.23. The third-order valence-corrected chi connectivity index (χ3v) is 8.58. The third kappa shape index (κ3) is 10.8. The van der Waals surface area contributed by atoms with Gasteiger partial charge < -0.3 is 14.4 Å². The van der Waals surface area contributed by atoms with Gasteiger partial charge in [0, 0.05) is 37.3 Å². The van der Waals surface area contributed by atoms with Crippen molar-refractivity contribution >= 4 is 71.3 Å². The van der Waals surface area contributed by atoms with E-state index in [0.717, 1.165) is 82.0 Å². The molecule has 12 heteroatoms. The number of hydrogen-bond donors (Lipinski definition) is 0. The summed E-state index contributed by atoms with van der Waals surface area (Å²) in [5.41, 5.74) is 3.68. The maximum Gasteiger partial charge on any atom is 0.330 e. The number of thiophene rings is 1. The highest BCUT2D eigenvalue weighted by molar-refractivity contribution is 7.30. The number of thiazole rings is 1. The summed E-state index contributed by atoms with van der Waals surface area (Å²) in [5.74, 6) is -0.785. The van der Waals surface area contributed by atoms with Gasteiger partial charge in [-0.25, -0.2) is 14.6 Å². The average Bonchev–Trinajstić information content (AvgIpc) is 3.63. The molecule has 0 amide bonds. The van der Waals surface area contributed by atoms with Crippen molar-refractivity contribution in [1.29, 1.82) is 0 Å². The van der Waals surface area contributed by atoms with Gasteiger partial charge in [0.25, 0.3) is 0 Å². The molecule has 0 saturated carbocycles. The predicted molar refractivity (Wildman–Crippen MR) is 181 cm³/mol. The second-order valence-corrected chi connectivity index (χ2v) is 11.8. The first-order chi connectivity index (χ1) is 22.0. The van der Waals surface area contributed by atoms with Gasteiger partial charge in [-0.05, 0) is 74.2 Å². The van der Waals surface area contributed by atoms with Gasteiger partial charge in [0.2, 0.25) is 5.13 Å². The highest BCUT2D eigenvalue weighted by Gasteiger charge is 2.09. The summed E-state index contributed by atoms with van der Waals surface area (Å²) in [7, 11) is 0. The van der Waals surface area contributed by atoms with E-state index in [4.69, 9.17) is 9.47 Å². The Bertz CT molecular complexity index is 1600. The number of rotatable bonds is 18. The molecule has 234 valence electrons. The van der Waals surface area contributed by atoms with E-state index in [0.29, 0.717) is 24.8 Å². The fraction of sp³-hybridized carbons (Fsp3) is 0.303. The summed E-state index contributed by atoms with van der Waals surface area (Å²) in [4.78, 5) is 30.0. The molecule has 0 bridgehead atoms. The Morgan fingerprint density at radius 3 is 2.13 bits per heavy atom. The molecule has 0 aliphatic rings. The number of anilines is 1. The van der Waals surface area contributed by atoms with E-state index < -0.39 is 5.97 Å². The van der Waals surface area contributed by atoms with Crippen LogP contribution in [0.1, 0.15) is 38.2 Å². The number of unbranched alkanes of at least 4 members (excludes halogenated alkanes) is 3. The number of nitrogens with zero attached hydrogens (tertiary/aromatic N) is 6.